The van der Waals surface area contributed by atoms with Gasteiger partial charge in [0.2, 0.25) is 10.6 Å². The number of furan rings is 1. The molecule has 4 nitrogen and oxygen atoms in total. The number of benzene rings is 2. The van der Waals surface area contributed by atoms with Crippen LogP contribution in [-0.4, -0.2) is 15.0 Å². The molecular weight excluding hydrogens is 389 g/mol. The fourth-order valence-corrected chi connectivity index (χ4v) is 3.12. The second-order valence-corrected chi connectivity index (χ2v) is 6.21. The van der Waals surface area contributed by atoms with Crippen LogP contribution in [0.5, 0.6) is 0 Å². The molecule has 0 amide bonds. The number of nitrogens with zero attached hydrogens (tertiary/aromatic N) is 3. The van der Waals surface area contributed by atoms with E-state index >= 15 is 0 Å². The van der Waals surface area contributed by atoms with Gasteiger partial charge in [-0.2, -0.15) is 15.0 Å². The van der Waals surface area contributed by atoms with Crippen LogP contribution < -0.4 is 0 Å². The topological polar surface area (TPSA) is 51.8 Å². The molecule has 108 valence electrons. The largest absolute Gasteiger partial charge is 0.455 e. The Kier molecular flexibility index (Phi) is 3.29. The van der Waals surface area contributed by atoms with E-state index in [0.717, 1.165) is 26.4 Å². The normalized spacial score (nSPS) is 11.4. The van der Waals surface area contributed by atoms with Crippen LogP contribution >= 0.6 is 39.1 Å². The summed E-state index contributed by atoms with van der Waals surface area (Å²) in [6.07, 6.45) is 0. The van der Waals surface area contributed by atoms with Gasteiger partial charge in [0.1, 0.15) is 11.2 Å². The lowest BCUT2D eigenvalue weighted by Gasteiger charge is -2.01. The lowest BCUT2D eigenvalue weighted by atomic mass is 10.1. The third-order valence-corrected chi connectivity index (χ3v) is 4.11. The Hall–Kier alpha value is -1.69. The summed E-state index contributed by atoms with van der Waals surface area (Å²) >= 11 is 15.2. The first-order valence-corrected chi connectivity index (χ1v) is 7.85. The molecule has 2 aromatic heterocycles. The third-order valence-electron chi connectivity index (χ3n) is 3.28. The van der Waals surface area contributed by atoms with Gasteiger partial charge >= 0.3 is 0 Å². The average Bonchev–Trinajstić information content (AvgIpc) is 2.84. The van der Waals surface area contributed by atoms with E-state index in [0.29, 0.717) is 11.4 Å². The lowest BCUT2D eigenvalue weighted by molar-refractivity contribution is 0.669. The second kappa shape index (κ2) is 5.19. The van der Waals surface area contributed by atoms with Crippen molar-refractivity contribution in [1.82, 2.24) is 15.0 Å². The van der Waals surface area contributed by atoms with Crippen LogP contribution in [0.25, 0.3) is 33.3 Å². The smallest absolute Gasteiger partial charge is 0.227 e. The van der Waals surface area contributed by atoms with E-state index in [1.807, 2.05) is 36.4 Å². The molecule has 0 fully saturated rings. The molecule has 7 heteroatoms. The molecule has 0 aliphatic heterocycles. The molecule has 0 unspecified atom stereocenters. The van der Waals surface area contributed by atoms with Crippen molar-refractivity contribution >= 4 is 61.1 Å². The first-order valence-electron chi connectivity index (χ1n) is 6.30. The number of hydrogen-bond acceptors (Lipinski definition) is 4. The molecule has 0 N–H and O–H groups in total. The second-order valence-electron chi connectivity index (χ2n) is 4.62. The van der Waals surface area contributed by atoms with Gasteiger partial charge in [0.15, 0.2) is 5.82 Å². The molecular formula is C15H6BrCl2N3O. The molecule has 0 atom stereocenters. The van der Waals surface area contributed by atoms with Crippen LogP contribution in [0, 0.1) is 0 Å². The highest BCUT2D eigenvalue weighted by molar-refractivity contribution is 9.10. The first kappa shape index (κ1) is 13.9. The molecule has 0 saturated heterocycles. The third kappa shape index (κ3) is 2.26. The highest BCUT2D eigenvalue weighted by Crippen LogP contribution is 2.35. The van der Waals surface area contributed by atoms with Crippen LogP contribution in [0.2, 0.25) is 10.6 Å². The summed E-state index contributed by atoms with van der Waals surface area (Å²) in [5, 5.41) is 2.08. The van der Waals surface area contributed by atoms with Crippen LogP contribution in [0.1, 0.15) is 0 Å². The monoisotopic (exact) mass is 393 g/mol. The number of rotatable bonds is 1. The van der Waals surface area contributed by atoms with Crippen molar-refractivity contribution in [3.63, 3.8) is 0 Å². The van der Waals surface area contributed by atoms with E-state index in [-0.39, 0.29) is 10.6 Å². The Morgan fingerprint density at radius 3 is 2.45 bits per heavy atom. The van der Waals surface area contributed by atoms with Crippen LogP contribution in [0.3, 0.4) is 0 Å². The minimum Gasteiger partial charge on any atom is -0.455 e. The van der Waals surface area contributed by atoms with Crippen LogP contribution in [0.4, 0.5) is 0 Å². The summed E-state index contributed by atoms with van der Waals surface area (Å²) in [4.78, 5) is 12.0. The van der Waals surface area contributed by atoms with Gasteiger partial charge < -0.3 is 4.42 Å². The molecule has 0 bridgehead atoms. The van der Waals surface area contributed by atoms with E-state index in [4.69, 9.17) is 27.6 Å². The first-order chi connectivity index (χ1) is 10.6. The van der Waals surface area contributed by atoms with Gasteiger partial charge in [-0.3, -0.25) is 0 Å². The zero-order valence-electron chi connectivity index (χ0n) is 10.8. The minimum atomic E-state index is 0.0471. The van der Waals surface area contributed by atoms with E-state index in [1.54, 1.807) is 0 Å². The number of fused-ring (bicyclic) bond motifs is 3. The molecule has 2 heterocycles. The molecule has 0 saturated carbocycles. The van der Waals surface area contributed by atoms with Crippen molar-refractivity contribution in [2.45, 2.75) is 0 Å². The van der Waals surface area contributed by atoms with Crippen LogP contribution in [-0.2, 0) is 0 Å². The fourth-order valence-electron chi connectivity index (χ4n) is 2.39. The summed E-state index contributed by atoms with van der Waals surface area (Å²) in [6, 6.07) is 11.6. The lowest BCUT2D eigenvalue weighted by Crippen LogP contribution is -1.93. The van der Waals surface area contributed by atoms with E-state index in [2.05, 4.69) is 30.9 Å². The molecule has 2 aromatic carbocycles. The zero-order valence-corrected chi connectivity index (χ0v) is 13.9. The Bertz CT molecular complexity index is 1010. The molecule has 22 heavy (non-hydrogen) atoms. The van der Waals surface area contributed by atoms with E-state index in [1.165, 1.54) is 0 Å². The van der Waals surface area contributed by atoms with Gasteiger partial charge in [-0.1, -0.05) is 28.1 Å². The summed E-state index contributed by atoms with van der Waals surface area (Å²) in [5.41, 5.74) is 2.20. The molecule has 4 aromatic rings. The maximum absolute atomic E-state index is 5.97. The molecule has 0 spiro atoms. The number of para-hydroxylation sites is 1. The van der Waals surface area contributed by atoms with Crippen molar-refractivity contribution < 1.29 is 4.42 Å². The molecule has 0 aliphatic rings. The van der Waals surface area contributed by atoms with Gasteiger partial charge in [0, 0.05) is 15.2 Å². The SMILES string of the molecule is Clc1nc(Cl)nc(-c2cccc3c2oc2ccc(Br)cc23)n1. The van der Waals surface area contributed by atoms with Gasteiger partial charge in [0.05, 0.1) is 5.56 Å². The zero-order chi connectivity index (χ0) is 15.3. The quantitative estimate of drug-likeness (QED) is 0.427. The van der Waals surface area contributed by atoms with Crippen molar-refractivity contribution in [3.05, 3.63) is 51.4 Å². The average molecular weight is 395 g/mol. The Balaban J connectivity index is 2.08. The molecule has 4 rings (SSSR count). The standard InChI is InChI=1S/C15H6BrCl2N3O/c16-7-4-5-11-10(6-7)8-2-1-3-9(12(8)22-11)13-19-14(17)21-15(18)20-13/h1-6H. The highest BCUT2D eigenvalue weighted by Gasteiger charge is 2.15. The van der Waals surface area contributed by atoms with E-state index in [9.17, 15) is 0 Å². The molecule has 0 radical (unpaired) electrons. The van der Waals surface area contributed by atoms with Gasteiger partial charge in [-0.15, -0.1) is 0 Å². The summed E-state index contributed by atoms with van der Waals surface area (Å²) in [5.74, 6) is 0.383. The maximum Gasteiger partial charge on any atom is 0.227 e. The number of hydrogen-bond donors (Lipinski definition) is 0. The maximum atomic E-state index is 5.97. The number of aromatic nitrogens is 3. The Morgan fingerprint density at radius 2 is 1.68 bits per heavy atom. The summed E-state index contributed by atoms with van der Waals surface area (Å²) in [7, 11) is 0. The van der Waals surface area contributed by atoms with Crippen molar-refractivity contribution in [2.75, 3.05) is 0 Å². The predicted octanol–water partition coefficient (Wildman–Crippen LogP) is 5.51. The predicted molar refractivity (Wildman–Crippen MR) is 90.3 cm³/mol. The number of halogens is 3. The van der Waals surface area contributed by atoms with Crippen molar-refractivity contribution in [1.29, 1.82) is 0 Å². The van der Waals surface area contributed by atoms with E-state index < -0.39 is 0 Å². The Labute approximate surface area is 143 Å². The van der Waals surface area contributed by atoms with Crippen LogP contribution in [0.15, 0.2) is 45.3 Å². The van der Waals surface area contributed by atoms with Gasteiger partial charge in [-0.05, 0) is 47.5 Å². The Morgan fingerprint density at radius 1 is 0.909 bits per heavy atom. The summed E-state index contributed by atoms with van der Waals surface area (Å²) in [6.45, 7) is 0. The van der Waals surface area contributed by atoms with Crippen molar-refractivity contribution in [2.24, 2.45) is 0 Å². The fraction of sp³-hybridized carbons (Fsp3) is 0. The highest BCUT2D eigenvalue weighted by atomic mass is 79.9. The van der Waals surface area contributed by atoms with Crippen molar-refractivity contribution in [3.8, 4) is 11.4 Å². The summed E-state index contributed by atoms with van der Waals surface area (Å²) < 4.78 is 6.95. The minimum absolute atomic E-state index is 0.0471. The van der Waals surface area contributed by atoms with Gasteiger partial charge in [0.25, 0.3) is 0 Å². The molecule has 0 aliphatic carbocycles. The van der Waals surface area contributed by atoms with Gasteiger partial charge in [-0.25, -0.2) is 0 Å².